The Labute approximate surface area is 119 Å². The van der Waals surface area contributed by atoms with Gasteiger partial charge in [0.1, 0.15) is 0 Å². The number of benzene rings is 1. The minimum absolute atomic E-state index is 0.315. The van der Waals surface area contributed by atoms with Crippen LogP contribution >= 0.6 is 23.2 Å². The van der Waals surface area contributed by atoms with Crippen LogP contribution in [0, 0.1) is 0 Å². The summed E-state index contributed by atoms with van der Waals surface area (Å²) >= 11 is 11.9. The first-order valence-corrected chi connectivity index (χ1v) is 6.17. The van der Waals surface area contributed by atoms with Crippen molar-refractivity contribution in [3.63, 3.8) is 0 Å². The van der Waals surface area contributed by atoms with Gasteiger partial charge in [-0.05, 0) is 28.1 Å². The number of tetrazole rings is 1. The maximum absolute atomic E-state index is 11.8. The number of nitrogens with zero attached hydrogens (tertiary/aromatic N) is 5. The van der Waals surface area contributed by atoms with Gasteiger partial charge in [0.2, 0.25) is 0 Å². The summed E-state index contributed by atoms with van der Waals surface area (Å²) < 4.78 is 1.14. The molecule has 6 nitrogen and oxygen atoms in total. The van der Waals surface area contributed by atoms with Crippen LogP contribution in [0.5, 0.6) is 0 Å². The Hall–Kier alpha value is -1.66. The molecule has 0 atom stereocenters. The Balaban J connectivity index is 2.29. The topological polar surface area (TPSA) is 63.9 Å². The molecule has 0 unspecified atom stereocenters. The first-order valence-electron chi connectivity index (χ1n) is 5.42. The predicted octanol–water partition coefficient (Wildman–Crippen LogP) is 2.10. The molecule has 0 aliphatic heterocycles. The maximum atomic E-state index is 11.8. The van der Waals surface area contributed by atoms with E-state index in [0.717, 1.165) is 10.2 Å². The van der Waals surface area contributed by atoms with E-state index in [4.69, 9.17) is 23.2 Å². The Bertz CT molecular complexity index is 611. The number of carbonyl (C=O) groups excluding carboxylic acids is 1. The number of hydrogen-bond donors (Lipinski definition) is 0. The van der Waals surface area contributed by atoms with Crippen LogP contribution in [0.1, 0.15) is 11.4 Å². The molecular formula is C11H11Cl2N5O. The Morgan fingerprint density at radius 1 is 1.37 bits per heavy atom. The van der Waals surface area contributed by atoms with Gasteiger partial charge >= 0.3 is 6.03 Å². The number of hydrogen-bond acceptors (Lipinski definition) is 4. The molecule has 0 fully saturated rings. The molecule has 0 aliphatic carbocycles. The fraction of sp³-hybridized carbons (Fsp3) is 0.273. The van der Waals surface area contributed by atoms with Gasteiger partial charge in [-0.1, -0.05) is 29.3 Å². The first-order chi connectivity index (χ1) is 8.99. The number of halogens is 2. The van der Waals surface area contributed by atoms with E-state index in [2.05, 4.69) is 15.5 Å². The second-order valence-electron chi connectivity index (χ2n) is 4.10. The van der Waals surface area contributed by atoms with Crippen LogP contribution in [0.2, 0.25) is 10.0 Å². The molecule has 19 heavy (non-hydrogen) atoms. The first kappa shape index (κ1) is 13.8. The summed E-state index contributed by atoms with van der Waals surface area (Å²) in [7, 11) is 3.26. The molecule has 2 aromatic rings. The lowest BCUT2D eigenvalue weighted by Gasteiger charge is -2.10. The molecular weight excluding hydrogens is 289 g/mol. The zero-order valence-electron chi connectivity index (χ0n) is 10.3. The number of rotatable bonds is 2. The van der Waals surface area contributed by atoms with E-state index >= 15 is 0 Å². The van der Waals surface area contributed by atoms with E-state index in [1.54, 1.807) is 32.3 Å². The minimum Gasteiger partial charge on any atom is -0.329 e. The summed E-state index contributed by atoms with van der Waals surface area (Å²) in [6.07, 6.45) is 0.350. The van der Waals surface area contributed by atoms with Crippen LogP contribution in [-0.2, 0) is 6.42 Å². The average molecular weight is 300 g/mol. The highest BCUT2D eigenvalue weighted by molar-refractivity contribution is 6.35. The van der Waals surface area contributed by atoms with Crippen LogP contribution < -0.4 is 0 Å². The number of aromatic nitrogens is 4. The van der Waals surface area contributed by atoms with E-state index in [9.17, 15) is 4.79 Å². The fourth-order valence-corrected chi connectivity index (χ4v) is 1.96. The summed E-state index contributed by atoms with van der Waals surface area (Å²) in [5, 5.41) is 12.1. The van der Waals surface area contributed by atoms with Gasteiger partial charge < -0.3 is 4.90 Å². The van der Waals surface area contributed by atoms with Crippen molar-refractivity contribution in [3.8, 4) is 0 Å². The SMILES string of the molecule is CN(C)C(=O)n1nnnc1Cc1ccc(Cl)cc1Cl. The van der Waals surface area contributed by atoms with Gasteiger partial charge in [-0.25, -0.2) is 4.79 Å². The normalized spacial score (nSPS) is 10.5. The quantitative estimate of drug-likeness (QED) is 0.797. The van der Waals surface area contributed by atoms with Crippen LogP contribution in [0.4, 0.5) is 4.79 Å². The van der Waals surface area contributed by atoms with Gasteiger partial charge in [-0.15, -0.1) is 9.78 Å². The summed E-state index contributed by atoms with van der Waals surface area (Å²) in [6, 6.07) is 4.83. The molecule has 0 radical (unpaired) electrons. The third kappa shape index (κ3) is 3.02. The van der Waals surface area contributed by atoms with Crippen molar-refractivity contribution in [2.75, 3.05) is 14.1 Å². The third-order valence-corrected chi connectivity index (χ3v) is 3.05. The maximum Gasteiger partial charge on any atom is 0.347 e. The highest BCUT2D eigenvalue weighted by atomic mass is 35.5. The summed E-state index contributed by atoms with van der Waals surface area (Å²) in [6.45, 7) is 0. The van der Waals surface area contributed by atoms with Crippen molar-refractivity contribution in [2.24, 2.45) is 0 Å². The minimum atomic E-state index is -0.315. The number of amides is 1. The molecule has 0 saturated heterocycles. The monoisotopic (exact) mass is 299 g/mol. The Morgan fingerprint density at radius 3 is 2.74 bits per heavy atom. The van der Waals surface area contributed by atoms with Gasteiger partial charge in [0.05, 0.1) is 0 Å². The molecule has 1 amide bonds. The zero-order valence-corrected chi connectivity index (χ0v) is 11.9. The van der Waals surface area contributed by atoms with Crippen LogP contribution in [0.15, 0.2) is 18.2 Å². The van der Waals surface area contributed by atoms with Crippen molar-refractivity contribution in [1.29, 1.82) is 0 Å². The average Bonchev–Trinajstić information content (AvgIpc) is 2.79. The summed E-state index contributed by atoms with van der Waals surface area (Å²) in [4.78, 5) is 13.2. The van der Waals surface area contributed by atoms with E-state index < -0.39 is 0 Å². The van der Waals surface area contributed by atoms with Gasteiger partial charge in [0, 0.05) is 30.6 Å². The third-order valence-electron chi connectivity index (χ3n) is 2.46. The Morgan fingerprint density at radius 2 is 2.11 bits per heavy atom. The lowest BCUT2D eigenvalue weighted by Crippen LogP contribution is -2.29. The zero-order chi connectivity index (χ0) is 14.0. The molecule has 100 valence electrons. The van der Waals surface area contributed by atoms with E-state index in [-0.39, 0.29) is 6.03 Å². The van der Waals surface area contributed by atoms with Gasteiger partial charge in [-0.3, -0.25) is 0 Å². The molecule has 0 saturated carbocycles. The molecule has 8 heteroatoms. The molecule has 0 N–H and O–H groups in total. The fourth-order valence-electron chi connectivity index (χ4n) is 1.49. The van der Waals surface area contributed by atoms with Gasteiger partial charge in [0.15, 0.2) is 5.82 Å². The second kappa shape index (κ2) is 5.54. The predicted molar refractivity (Wildman–Crippen MR) is 71.6 cm³/mol. The highest BCUT2D eigenvalue weighted by Gasteiger charge is 2.16. The van der Waals surface area contributed by atoms with Crippen molar-refractivity contribution >= 4 is 29.2 Å². The molecule has 0 aliphatic rings. The van der Waals surface area contributed by atoms with E-state index in [1.165, 1.54) is 4.90 Å². The highest BCUT2D eigenvalue weighted by Crippen LogP contribution is 2.22. The molecule has 1 aromatic heterocycles. The van der Waals surface area contributed by atoms with Gasteiger partial charge in [0.25, 0.3) is 0 Å². The van der Waals surface area contributed by atoms with Crippen molar-refractivity contribution in [2.45, 2.75) is 6.42 Å². The van der Waals surface area contributed by atoms with Crippen molar-refractivity contribution in [1.82, 2.24) is 25.1 Å². The molecule has 1 aromatic carbocycles. The lowest BCUT2D eigenvalue weighted by molar-refractivity contribution is 0.214. The Kier molecular flexibility index (Phi) is 4.01. The van der Waals surface area contributed by atoms with Crippen LogP contribution in [0.3, 0.4) is 0 Å². The molecule has 0 spiro atoms. The van der Waals surface area contributed by atoms with Crippen molar-refractivity contribution in [3.05, 3.63) is 39.6 Å². The molecule has 2 rings (SSSR count). The van der Waals surface area contributed by atoms with Crippen LogP contribution in [0.25, 0.3) is 0 Å². The lowest BCUT2D eigenvalue weighted by atomic mass is 10.1. The standard InChI is InChI=1S/C11H11Cl2N5O/c1-17(2)11(19)18-10(14-15-16-18)5-7-3-4-8(12)6-9(7)13/h3-4,6H,5H2,1-2H3. The van der Waals surface area contributed by atoms with Crippen molar-refractivity contribution < 1.29 is 4.79 Å². The summed E-state index contributed by atoms with van der Waals surface area (Å²) in [5.74, 6) is 0.419. The van der Waals surface area contributed by atoms with Crippen LogP contribution in [-0.4, -0.2) is 45.2 Å². The molecule has 1 heterocycles. The number of carbonyl (C=O) groups is 1. The molecule has 0 bridgehead atoms. The van der Waals surface area contributed by atoms with E-state index in [0.29, 0.717) is 22.3 Å². The summed E-state index contributed by atoms with van der Waals surface area (Å²) in [5.41, 5.74) is 0.800. The van der Waals surface area contributed by atoms with E-state index in [1.807, 2.05) is 0 Å². The van der Waals surface area contributed by atoms with Gasteiger partial charge in [-0.2, -0.15) is 0 Å². The smallest absolute Gasteiger partial charge is 0.329 e. The largest absolute Gasteiger partial charge is 0.347 e. The second-order valence-corrected chi connectivity index (χ2v) is 4.94.